The van der Waals surface area contributed by atoms with E-state index in [0.29, 0.717) is 23.9 Å². The fourth-order valence-corrected chi connectivity index (χ4v) is 4.91. The van der Waals surface area contributed by atoms with Crippen molar-refractivity contribution in [1.82, 2.24) is 10.6 Å². The van der Waals surface area contributed by atoms with Gasteiger partial charge >= 0.3 is 0 Å². The molecule has 2 unspecified atom stereocenters. The second kappa shape index (κ2) is 11.2. The summed E-state index contributed by atoms with van der Waals surface area (Å²) in [5.74, 6) is 0.234. The Kier molecular flexibility index (Phi) is 8.06. The lowest BCUT2D eigenvalue weighted by molar-refractivity contribution is -0.116. The van der Waals surface area contributed by atoms with Crippen molar-refractivity contribution in [3.8, 4) is 0 Å². The first-order chi connectivity index (χ1) is 16.4. The topological polar surface area (TPSA) is 68.4 Å². The van der Waals surface area contributed by atoms with Crippen LogP contribution in [0.15, 0.2) is 36.4 Å². The molecule has 4 rings (SSSR count). The van der Waals surface area contributed by atoms with Crippen molar-refractivity contribution >= 4 is 23.0 Å². The van der Waals surface area contributed by atoms with Gasteiger partial charge in [-0.05, 0) is 75.1 Å². The average molecular weight is 468 g/mol. The largest absolute Gasteiger partial charge is 0.373 e. The number of hydrogen-bond donors (Lipinski definition) is 4. The Morgan fingerprint density at radius 1 is 1.21 bits per heavy atom. The molecule has 1 fully saturated rings. The van der Waals surface area contributed by atoms with Gasteiger partial charge in [0.2, 0.25) is 5.91 Å². The lowest BCUT2D eigenvalue weighted by Crippen LogP contribution is -2.44. The number of halogens is 1. The molecule has 7 heteroatoms. The van der Waals surface area contributed by atoms with Crippen molar-refractivity contribution < 1.29 is 9.18 Å². The van der Waals surface area contributed by atoms with Gasteiger partial charge in [-0.25, -0.2) is 4.39 Å². The van der Waals surface area contributed by atoms with Gasteiger partial charge in [-0.3, -0.25) is 4.79 Å². The Labute approximate surface area is 202 Å². The first kappa shape index (κ1) is 24.5. The van der Waals surface area contributed by atoms with Gasteiger partial charge in [-0.1, -0.05) is 26.0 Å². The maximum atomic E-state index is 14.2. The number of fused-ring (bicyclic) bond motifs is 1. The molecule has 6 nitrogen and oxygen atoms in total. The highest BCUT2D eigenvalue weighted by molar-refractivity contribution is 5.98. The van der Waals surface area contributed by atoms with Crippen LogP contribution in [-0.4, -0.2) is 50.7 Å². The van der Waals surface area contributed by atoms with Gasteiger partial charge in [0.1, 0.15) is 11.9 Å². The van der Waals surface area contributed by atoms with E-state index < -0.39 is 6.04 Å². The molecule has 2 aromatic carbocycles. The Morgan fingerprint density at radius 2 is 2.00 bits per heavy atom. The highest BCUT2D eigenvalue weighted by Crippen LogP contribution is 2.32. The smallest absolute Gasteiger partial charge is 0.247 e. The lowest BCUT2D eigenvalue weighted by Gasteiger charge is -2.34. The standard InChI is InChI=1S/C27H38FN5O/c1-4-29-16-18(2)17-30-20-10-12-33(13-11-20)22-7-5-6-21(14-22)31-27(34)25-15-23-24(28)9-8-19(3)26(23)32-25/h5-9,14,18,20,25,29-30,32H,4,10-13,15-17H2,1-3H3,(H,31,34). The molecule has 0 spiro atoms. The van der Waals surface area contributed by atoms with E-state index in [4.69, 9.17) is 0 Å². The van der Waals surface area contributed by atoms with Gasteiger partial charge in [0.15, 0.2) is 0 Å². The van der Waals surface area contributed by atoms with E-state index in [1.54, 1.807) is 6.07 Å². The number of nitrogens with one attached hydrogen (secondary N) is 4. The monoisotopic (exact) mass is 467 g/mol. The number of rotatable bonds is 9. The van der Waals surface area contributed by atoms with Crippen LogP contribution < -0.4 is 26.2 Å². The maximum Gasteiger partial charge on any atom is 0.247 e. The number of carbonyl (C=O) groups excluding carboxylic acids is 1. The number of nitrogens with zero attached hydrogens (tertiary/aromatic N) is 1. The van der Waals surface area contributed by atoms with Crippen molar-refractivity contribution in [2.75, 3.05) is 48.3 Å². The Hall–Kier alpha value is -2.64. The SMILES string of the molecule is CCNCC(C)CNC1CCN(c2cccc(NC(=O)C3Cc4c(F)ccc(C)c4N3)c2)CC1. The summed E-state index contributed by atoms with van der Waals surface area (Å²) < 4.78 is 14.2. The van der Waals surface area contributed by atoms with Crippen LogP contribution in [0.5, 0.6) is 0 Å². The van der Waals surface area contributed by atoms with Crippen LogP contribution in [0.3, 0.4) is 0 Å². The van der Waals surface area contributed by atoms with E-state index in [1.165, 1.54) is 6.07 Å². The highest BCUT2D eigenvalue weighted by Gasteiger charge is 2.30. The van der Waals surface area contributed by atoms with Crippen molar-refractivity contribution in [2.45, 2.75) is 52.1 Å². The Bertz CT molecular complexity index is 958. The molecule has 1 saturated heterocycles. The lowest BCUT2D eigenvalue weighted by atomic mass is 10.0. The molecular weight excluding hydrogens is 429 g/mol. The molecule has 0 bridgehead atoms. The van der Waals surface area contributed by atoms with Crippen molar-refractivity contribution in [3.63, 3.8) is 0 Å². The van der Waals surface area contributed by atoms with Crippen molar-refractivity contribution in [1.29, 1.82) is 0 Å². The molecule has 2 atom stereocenters. The zero-order chi connectivity index (χ0) is 24.1. The number of benzene rings is 2. The molecule has 2 aliphatic rings. The van der Waals surface area contributed by atoms with Crippen LogP contribution in [0.25, 0.3) is 0 Å². The summed E-state index contributed by atoms with van der Waals surface area (Å²) in [7, 11) is 0. The minimum absolute atomic E-state index is 0.137. The molecule has 34 heavy (non-hydrogen) atoms. The fraction of sp³-hybridized carbons (Fsp3) is 0.519. The minimum atomic E-state index is -0.467. The van der Waals surface area contributed by atoms with E-state index in [9.17, 15) is 9.18 Å². The minimum Gasteiger partial charge on any atom is -0.373 e. The fourth-order valence-electron chi connectivity index (χ4n) is 4.91. The highest BCUT2D eigenvalue weighted by atomic mass is 19.1. The molecule has 1 amide bonds. The zero-order valence-electron chi connectivity index (χ0n) is 20.6. The van der Waals surface area contributed by atoms with Gasteiger partial charge in [-0.2, -0.15) is 0 Å². The summed E-state index contributed by atoms with van der Waals surface area (Å²) >= 11 is 0. The summed E-state index contributed by atoms with van der Waals surface area (Å²) in [6.07, 6.45) is 2.58. The number of anilines is 3. The Balaban J connectivity index is 1.28. The Morgan fingerprint density at radius 3 is 2.74 bits per heavy atom. The third-order valence-corrected chi connectivity index (χ3v) is 6.98. The summed E-state index contributed by atoms with van der Waals surface area (Å²) in [5, 5.41) is 13.4. The van der Waals surface area contributed by atoms with Crippen LogP contribution in [0.2, 0.25) is 0 Å². The van der Waals surface area contributed by atoms with E-state index in [1.807, 2.05) is 25.1 Å². The summed E-state index contributed by atoms with van der Waals surface area (Å²) in [6.45, 7) is 11.5. The van der Waals surface area contributed by atoms with E-state index >= 15 is 0 Å². The first-order valence-electron chi connectivity index (χ1n) is 12.6. The van der Waals surface area contributed by atoms with Crippen LogP contribution in [-0.2, 0) is 11.2 Å². The van der Waals surface area contributed by atoms with E-state index in [0.717, 1.165) is 68.2 Å². The van der Waals surface area contributed by atoms with Gasteiger partial charge in [0.25, 0.3) is 0 Å². The van der Waals surface area contributed by atoms with Gasteiger partial charge in [0.05, 0.1) is 0 Å². The van der Waals surface area contributed by atoms with E-state index in [2.05, 4.69) is 46.1 Å². The molecule has 0 aliphatic carbocycles. The third kappa shape index (κ3) is 5.88. The first-order valence-corrected chi connectivity index (χ1v) is 12.6. The quantitative estimate of drug-likeness (QED) is 0.450. The number of piperidine rings is 1. The average Bonchev–Trinajstić information content (AvgIpc) is 3.31. The number of aryl methyl sites for hydroxylation is 1. The molecule has 2 aromatic rings. The molecule has 0 radical (unpaired) electrons. The zero-order valence-corrected chi connectivity index (χ0v) is 20.6. The van der Waals surface area contributed by atoms with Crippen LogP contribution >= 0.6 is 0 Å². The molecule has 0 aromatic heterocycles. The molecule has 4 N–H and O–H groups in total. The molecular formula is C27H38FN5O. The summed E-state index contributed by atoms with van der Waals surface area (Å²) in [6, 6.07) is 11.3. The van der Waals surface area contributed by atoms with Crippen LogP contribution in [0.1, 0.15) is 37.8 Å². The number of carbonyl (C=O) groups is 1. The predicted octanol–water partition coefficient (Wildman–Crippen LogP) is 3.91. The van der Waals surface area contributed by atoms with Crippen LogP contribution in [0, 0.1) is 18.7 Å². The second-order valence-electron chi connectivity index (χ2n) is 9.74. The van der Waals surface area contributed by atoms with Crippen molar-refractivity contribution in [2.24, 2.45) is 5.92 Å². The summed E-state index contributed by atoms with van der Waals surface area (Å²) in [4.78, 5) is 15.3. The summed E-state index contributed by atoms with van der Waals surface area (Å²) in [5.41, 5.74) is 4.21. The predicted molar refractivity (Wildman–Crippen MR) is 138 cm³/mol. The number of hydrogen-bond acceptors (Lipinski definition) is 5. The third-order valence-electron chi connectivity index (χ3n) is 6.98. The van der Waals surface area contributed by atoms with Crippen molar-refractivity contribution in [3.05, 3.63) is 53.3 Å². The molecule has 0 saturated carbocycles. The van der Waals surface area contributed by atoms with Gasteiger partial charge < -0.3 is 26.2 Å². The van der Waals surface area contributed by atoms with E-state index in [-0.39, 0.29) is 11.7 Å². The second-order valence-corrected chi connectivity index (χ2v) is 9.74. The molecule has 184 valence electrons. The molecule has 2 aliphatic heterocycles. The number of amides is 1. The van der Waals surface area contributed by atoms with Gasteiger partial charge in [-0.15, -0.1) is 0 Å². The molecule has 2 heterocycles. The maximum absolute atomic E-state index is 14.2. The van der Waals surface area contributed by atoms with Crippen LogP contribution in [0.4, 0.5) is 21.5 Å². The normalized spacial score (nSPS) is 18.9. The van der Waals surface area contributed by atoms with Gasteiger partial charge in [0, 0.05) is 48.2 Å².